The number of aryl methyl sites for hydroxylation is 1. The predicted molar refractivity (Wildman–Crippen MR) is 105 cm³/mol. The van der Waals surface area contributed by atoms with Gasteiger partial charge in [-0.1, -0.05) is 23.7 Å². The number of halogens is 4. The summed E-state index contributed by atoms with van der Waals surface area (Å²) in [6.07, 6.45) is -2.88. The van der Waals surface area contributed by atoms with Crippen molar-refractivity contribution in [2.75, 3.05) is 38.0 Å². The highest BCUT2D eigenvalue weighted by atomic mass is 35.5. The molecule has 1 amide bonds. The van der Waals surface area contributed by atoms with E-state index >= 15 is 0 Å². The molecule has 1 aromatic heterocycles. The van der Waals surface area contributed by atoms with Crippen LogP contribution >= 0.6 is 11.6 Å². The molecular weight excluding hydrogens is 423 g/mol. The van der Waals surface area contributed by atoms with Crippen LogP contribution < -0.4 is 5.32 Å². The Morgan fingerprint density at radius 2 is 1.93 bits per heavy atom. The summed E-state index contributed by atoms with van der Waals surface area (Å²) < 4.78 is 44.0. The minimum Gasteiger partial charge on any atom is -0.339 e. The Kier molecular flexibility index (Phi) is 7.32. The van der Waals surface area contributed by atoms with Gasteiger partial charge >= 0.3 is 6.18 Å². The summed E-state index contributed by atoms with van der Waals surface area (Å²) in [6.45, 7) is 5.48. The second-order valence-electron chi connectivity index (χ2n) is 7.15. The molecule has 1 saturated heterocycles. The summed E-state index contributed by atoms with van der Waals surface area (Å²) >= 11 is 5.60. The van der Waals surface area contributed by atoms with Crippen molar-refractivity contribution in [3.8, 4) is 0 Å². The molecule has 1 N–H and O–H groups in total. The molecule has 0 saturated carbocycles. The maximum Gasteiger partial charge on any atom is 0.417 e. The highest BCUT2D eigenvalue weighted by molar-refractivity contribution is 6.31. The number of aromatic nitrogens is 2. The number of nitrogens with zero attached hydrogens (tertiary/aromatic N) is 4. The lowest BCUT2D eigenvalue weighted by Gasteiger charge is -2.33. The molecule has 2 heterocycles. The van der Waals surface area contributed by atoms with Crippen LogP contribution in [0.1, 0.15) is 30.6 Å². The Labute approximate surface area is 177 Å². The first-order valence-electron chi connectivity index (χ1n) is 9.67. The predicted octanol–water partition coefficient (Wildman–Crippen LogP) is 3.45. The van der Waals surface area contributed by atoms with Gasteiger partial charge in [0.2, 0.25) is 11.8 Å². The molecule has 1 aliphatic heterocycles. The van der Waals surface area contributed by atoms with Crippen LogP contribution in [0.25, 0.3) is 0 Å². The Hall–Kier alpha value is -2.17. The van der Waals surface area contributed by atoms with E-state index in [1.54, 1.807) is 0 Å². The monoisotopic (exact) mass is 445 g/mol. The van der Waals surface area contributed by atoms with Gasteiger partial charge in [-0.15, -0.1) is 0 Å². The number of benzene rings is 1. The number of hydrogen-bond donors (Lipinski definition) is 1. The zero-order chi connectivity index (χ0) is 21.7. The van der Waals surface area contributed by atoms with Crippen molar-refractivity contribution >= 4 is 23.2 Å². The lowest BCUT2D eigenvalue weighted by Crippen LogP contribution is -2.48. The third-order valence-corrected chi connectivity index (χ3v) is 5.06. The van der Waals surface area contributed by atoms with Crippen LogP contribution in [-0.2, 0) is 23.9 Å². The number of rotatable bonds is 7. The van der Waals surface area contributed by atoms with Crippen LogP contribution in [0.2, 0.25) is 5.02 Å². The maximum absolute atomic E-state index is 12.9. The molecule has 1 aromatic carbocycles. The normalized spacial score (nSPS) is 16.0. The second kappa shape index (κ2) is 9.76. The molecule has 0 bridgehead atoms. The smallest absolute Gasteiger partial charge is 0.339 e. The molecule has 0 atom stereocenters. The second-order valence-corrected chi connectivity index (χ2v) is 7.55. The van der Waals surface area contributed by atoms with Gasteiger partial charge in [0, 0.05) is 38.3 Å². The van der Waals surface area contributed by atoms with Crippen molar-refractivity contribution in [1.29, 1.82) is 0 Å². The third-order valence-electron chi connectivity index (χ3n) is 4.73. The van der Waals surface area contributed by atoms with Crippen molar-refractivity contribution in [2.24, 2.45) is 0 Å². The number of piperazine rings is 1. The van der Waals surface area contributed by atoms with Crippen LogP contribution in [0.15, 0.2) is 22.7 Å². The molecule has 0 aliphatic carbocycles. The number of carbonyl (C=O) groups excluding carboxylic acids is 1. The molecule has 1 aliphatic rings. The van der Waals surface area contributed by atoms with Gasteiger partial charge < -0.3 is 9.84 Å². The van der Waals surface area contributed by atoms with Gasteiger partial charge in [-0.25, -0.2) is 0 Å². The van der Waals surface area contributed by atoms with Crippen LogP contribution in [0.4, 0.5) is 18.9 Å². The molecular formula is C19H23ClF3N5O2. The largest absolute Gasteiger partial charge is 0.417 e. The zero-order valence-corrected chi connectivity index (χ0v) is 17.3. The molecule has 164 valence electrons. The van der Waals surface area contributed by atoms with Crippen molar-refractivity contribution in [3.05, 3.63) is 40.5 Å². The van der Waals surface area contributed by atoms with Gasteiger partial charge in [0.1, 0.15) is 0 Å². The molecule has 2 aromatic rings. The van der Waals surface area contributed by atoms with Gasteiger partial charge in [-0.3, -0.25) is 14.6 Å². The van der Waals surface area contributed by atoms with Crippen LogP contribution in [0.3, 0.4) is 0 Å². The number of alkyl halides is 3. The molecule has 1 fully saturated rings. The Morgan fingerprint density at radius 3 is 2.60 bits per heavy atom. The zero-order valence-electron chi connectivity index (χ0n) is 16.5. The molecule has 0 spiro atoms. The maximum atomic E-state index is 12.9. The molecule has 0 unspecified atom stereocenters. The molecule has 0 radical (unpaired) electrons. The highest BCUT2D eigenvalue weighted by Crippen LogP contribution is 2.36. The van der Waals surface area contributed by atoms with Crippen molar-refractivity contribution in [2.45, 2.75) is 32.5 Å². The van der Waals surface area contributed by atoms with Gasteiger partial charge in [0.05, 0.1) is 23.7 Å². The van der Waals surface area contributed by atoms with E-state index in [9.17, 15) is 18.0 Å². The first-order valence-corrected chi connectivity index (χ1v) is 10.0. The van der Waals surface area contributed by atoms with E-state index in [1.165, 1.54) is 6.07 Å². The van der Waals surface area contributed by atoms with Crippen LogP contribution in [0, 0.1) is 0 Å². The lowest BCUT2D eigenvalue weighted by atomic mass is 10.2. The van der Waals surface area contributed by atoms with Gasteiger partial charge in [0.25, 0.3) is 0 Å². The Bertz CT molecular complexity index is 866. The first kappa shape index (κ1) is 22.5. The number of anilines is 1. The van der Waals surface area contributed by atoms with Gasteiger partial charge in [-0.05, 0) is 24.6 Å². The average Bonchev–Trinajstić information content (AvgIpc) is 3.11. The third kappa shape index (κ3) is 6.16. The Morgan fingerprint density at radius 1 is 1.23 bits per heavy atom. The van der Waals surface area contributed by atoms with Gasteiger partial charge in [0.15, 0.2) is 5.82 Å². The van der Waals surface area contributed by atoms with Crippen LogP contribution in [0.5, 0.6) is 0 Å². The van der Waals surface area contributed by atoms with Gasteiger partial charge in [-0.2, -0.15) is 18.2 Å². The summed E-state index contributed by atoms with van der Waals surface area (Å²) in [5, 5.41) is 6.09. The SMILES string of the molecule is CCCc1nc(CN2CCN(CC(=O)Nc3ccc(Cl)c(C(F)(F)F)c3)CC2)no1. The summed E-state index contributed by atoms with van der Waals surface area (Å²) in [6, 6.07) is 3.32. The molecule has 30 heavy (non-hydrogen) atoms. The van der Waals surface area contributed by atoms with E-state index in [4.69, 9.17) is 16.1 Å². The number of amides is 1. The average molecular weight is 446 g/mol. The first-order chi connectivity index (χ1) is 14.2. The van der Waals surface area contributed by atoms with E-state index in [2.05, 4.69) is 20.4 Å². The van der Waals surface area contributed by atoms with E-state index in [0.29, 0.717) is 31.3 Å². The molecule has 7 nitrogen and oxygen atoms in total. The van der Waals surface area contributed by atoms with Crippen molar-refractivity contribution < 1.29 is 22.5 Å². The number of nitrogens with one attached hydrogen (secondary N) is 1. The van der Waals surface area contributed by atoms with Crippen molar-refractivity contribution in [3.63, 3.8) is 0 Å². The standard InChI is InChI=1S/C19H23ClF3N5O2/c1-2-3-18-25-16(26-30-18)11-27-6-8-28(9-7-27)12-17(29)24-13-4-5-15(20)14(10-13)19(21,22)23/h4-5,10H,2-3,6-9,11-12H2,1H3,(H,24,29). The molecule has 3 rings (SSSR count). The molecule has 11 heteroatoms. The van der Waals surface area contributed by atoms with E-state index in [1.807, 2.05) is 11.8 Å². The fraction of sp³-hybridized carbons (Fsp3) is 0.526. The highest BCUT2D eigenvalue weighted by Gasteiger charge is 2.33. The summed E-state index contributed by atoms with van der Waals surface area (Å²) in [7, 11) is 0. The lowest BCUT2D eigenvalue weighted by molar-refractivity contribution is -0.137. The Balaban J connectivity index is 1.46. The van der Waals surface area contributed by atoms with E-state index < -0.39 is 16.8 Å². The fourth-order valence-electron chi connectivity index (χ4n) is 3.20. The minimum atomic E-state index is -4.58. The van der Waals surface area contributed by atoms with Crippen molar-refractivity contribution in [1.82, 2.24) is 19.9 Å². The summed E-state index contributed by atoms with van der Waals surface area (Å²) in [5.41, 5.74) is -0.908. The fourth-order valence-corrected chi connectivity index (χ4v) is 3.42. The summed E-state index contributed by atoms with van der Waals surface area (Å²) in [4.78, 5) is 20.7. The van der Waals surface area contributed by atoms with Crippen LogP contribution in [-0.4, -0.2) is 58.6 Å². The topological polar surface area (TPSA) is 74.5 Å². The number of carbonyl (C=O) groups is 1. The summed E-state index contributed by atoms with van der Waals surface area (Å²) in [5.74, 6) is 0.910. The number of hydrogen-bond acceptors (Lipinski definition) is 6. The quantitative estimate of drug-likeness (QED) is 0.703. The van der Waals surface area contributed by atoms with E-state index in [0.717, 1.165) is 38.1 Å². The van der Waals surface area contributed by atoms with E-state index in [-0.39, 0.29) is 18.1 Å². The minimum absolute atomic E-state index is 0.0651.